The maximum atomic E-state index is 10.3. The Bertz CT molecular complexity index is 259. The molecule has 3 heteroatoms. The van der Waals surface area contributed by atoms with Gasteiger partial charge in [0.25, 0.3) is 0 Å². The monoisotopic (exact) mass is 166 g/mol. The van der Waals surface area contributed by atoms with Gasteiger partial charge in [-0.15, -0.1) is 0 Å². The average molecular weight is 166 g/mol. The molecular weight excluding hydrogens is 156 g/mol. The fourth-order valence-corrected chi connectivity index (χ4v) is 0.719. The van der Waals surface area contributed by atoms with Crippen LogP contribution in [0.5, 0.6) is 0 Å². The summed E-state index contributed by atoms with van der Waals surface area (Å²) in [7, 11) is 0. The van der Waals surface area contributed by atoms with Gasteiger partial charge in [0.2, 0.25) is 0 Å². The molecule has 3 nitrogen and oxygen atoms in total. The van der Waals surface area contributed by atoms with Crippen molar-refractivity contribution in [1.82, 2.24) is 0 Å². The van der Waals surface area contributed by atoms with Crippen LogP contribution >= 0.6 is 0 Å². The highest BCUT2D eigenvalue weighted by molar-refractivity contribution is 5.66. The van der Waals surface area contributed by atoms with E-state index in [1.807, 2.05) is 12.1 Å². The molecule has 0 aliphatic rings. The molecule has 0 N–H and O–H groups in total. The van der Waals surface area contributed by atoms with E-state index in [0.717, 1.165) is 5.56 Å². The third-order valence-corrected chi connectivity index (χ3v) is 1.24. The molecule has 0 fully saturated rings. The summed E-state index contributed by atoms with van der Waals surface area (Å²) in [6, 6.07) is 1.82. The Labute approximate surface area is 70.6 Å². The van der Waals surface area contributed by atoms with Crippen molar-refractivity contribution >= 4 is 12.0 Å². The van der Waals surface area contributed by atoms with Gasteiger partial charge >= 0.3 is 5.97 Å². The van der Waals surface area contributed by atoms with E-state index >= 15 is 0 Å². The summed E-state index contributed by atoms with van der Waals surface area (Å²) in [6.07, 6.45) is 6.79. The third-order valence-electron chi connectivity index (χ3n) is 1.24. The molecule has 1 aromatic heterocycles. The summed E-state index contributed by atoms with van der Waals surface area (Å²) >= 11 is 0. The van der Waals surface area contributed by atoms with E-state index in [-0.39, 0.29) is 5.97 Å². The van der Waals surface area contributed by atoms with Gasteiger partial charge in [-0.3, -0.25) is 4.79 Å². The van der Waals surface area contributed by atoms with Gasteiger partial charge in [0.1, 0.15) is 6.61 Å². The molecule has 1 aromatic rings. The molecule has 64 valence electrons. The standard InChI is InChI=1S/C9H10O3/c1-8(10)12-5-2-3-9-4-6-11-7-9/h2-4,6-7H,5H2,1H3/b3-2+. The Morgan fingerprint density at radius 1 is 1.75 bits per heavy atom. The molecule has 0 bridgehead atoms. The SMILES string of the molecule is CC(=O)OC/C=C/c1ccoc1. The topological polar surface area (TPSA) is 39.4 Å². The highest BCUT2D eigenvalue weighted by Gasteiger charge is 1.88. The quantitative estimate of drug-likeness (QED) is 0.643. The lowest BCUT2D eigenvalue weighted by molar-refractivity contribution is -0.139. The Balaban J connectivity index is 2.27. The maximum Gasteiger partial charge on any atom is 0.302 e. The van der Waals surface area contributed by atoms with Crippen molar-refractivity contribution in [1.29, 1.82) is 0 Å². The van der Waals surface area contributed by atoms with Crippen molar-refractivity contribution in [2.75, 3.05) is 6.61 Å². The van der Waals surface area contributed by atoms with Crippen LogP contribution < -0.4 is 0 Å². The van der Waals surface area contributed by atoms with E-state index in [1.54, 1.807) is 18.6 Å². The van der Waals surface area contributed by atoms with Gasteiger partial charge in [-0.25, -0.2) is 0 Å². The van der Waals surface area contributed by atoms with Crippen LogP contribution in [0.3, 0.4) is 0 Å². The second-order valence-corrected chi connectivity index (χ2v) is 2.26. The summed E-state index contributed by atoms with van der Waals surface area (Å²) in [5.41, 5.74) is 0.960. The van der Waals surface area contributed by atoms with E-state index in [9.17, 15) is 4.79 Å². The number of rotatable bonds is 3. The number of esters is 1. The molecule has 0 amide bonds. The Morgan fingerprint density at radius 2 is 2.58 bits per heavy atom. The molecule has 1 heterocycles. The summed E-state index contributed by atoms with van der Waals surface area (Å²) in [6.45, 7) is 1.69. The molecule has 0 spiro atoms. The van der Waals surface area contributed by atoms with Gasteiger partial charge in [0.15, 0.2) is 0 Å². The molecule has 0 aliphatic carbocycles. The van der Waals surface area contributed by atoms with Crippen LogP contribution in [-0.2, 0) is 9.53 Å². The molecule has 0 saturated carbocycles. The van der Waals surface area contributed by atoms with Crippen LogP contribution in [0.4, 0.5) is 0 Å². The van der Waals surface area contributed by atoms with Crippen LogP contribution in [0.2, 0.25) is 0 Å². The second-order valence-electron chi connectivity index (χ2n) is 2.26. The lowest BCUT2D eigenvalue weighted by Gasteiger charge is -1.93. The molecule has 0 saturated heterocycles. The molecule has 0 unspecified atom stereocenters. The minimum Gasteiger partial charge on any atom is -0.472 e. The Hall–Kier alpha value is -1.51. The van der Waals surface area contributed by atoms with E-state index in [1.165, 1.54) is 6.92 Å². The van der Waals surface area contributed by atoms with Crippen molar-refractivity contribution in [3.8, 4) is 0 Å². The fourth-order valence-electron chi connectivity index (χ4n) is 0.719. The summed E-state index contributed by atoms with van der Waals surface area (Å²) in [5.74, 6) is -0.271. The van der Waals surface area contributed by atoms with Crippen LogP contribution in [0.25, 0.3) is 6.08 Å². The number of carbonyl (C=O) groups is 1. The summed E-state index contributed by atoms with van der Waals surface area (Å²) in [5, 5.41) is 0. The Morgan fingerprint density at radius 3 is 3.17 bits per heavy atom. The van der Waals surface area contributed by atoms with Gasteiger partial charge < -0.3 is 9.15 Å². The molecule has 12 heavy (non-hydrogen) atoms. The van der Waals surface area contributed by atoms with Crippen LogP contribution in [0.15, 0.2) is 29.1 Å². The number of ether oxygens (including phenoxy) is 1. The summed E-state index contributed by atoms with van der Waals surface area (Å²) < 4.78 is 9.52. The minimum absolute atomic E-state index is 0.271. The maximum absolute atomic E-state index is 10.3. The van der Waals surface area contributed by atoms with E-state index in [2.05, 4.69) is 4.74 Å². The average Bonchev–Trinajstić information content (AvgIpc) is 2.49. The molecule has 0 atom stereocenters. The number of hydrogen-bond donors (Lipinski definition) is 0. The normalized spacial score (nSPS) is 10.4. The van der Waals surface area contributed by atoms with E-state index < -0.39 is 0 Å². The predicted octanol–water partition coefficient (Wildman–Crippen LogP) is 1.86. The van der Waals surface area contributed by atoms with Gasteiger partial charge in [0.05, 0.1) is 12.5 Å². The smallest absolute Gasteiger partial charge is 0.302 e. The van der Waals surface area contributed by atoms with E-state index in [0.29, 0.717) is 6.61 Å². The fraction of sp³-hybridized carbons (Fsp3) is 0.222. The van der Waals surface area contributed by atoms with Crippen molar-refractivity contribution in [2.24, 2.45) is 0 Å². The molecule has 0 radical (unpaired) electrons. The first kappa shape index (κ1) is 8.59. The van der Waals surface area contributed by atoms with Gasteiger partial charge in [-0.1, -0.05) is 6.08 Å². The highest BCUT2D eigenvalue weighted by Crippen LogP contribution is 2.01. The van der Waals surface area contributed by atoms with Gasteiger partial charge in [0, 0.05) is 12.5 Å². The zero-order valence-corrected chi connectivity index (χ0v) is 6.82. The first-order chi connectivity index (χ1) is 5.79. The lowest BCUT2D eigenvalue weighted by Crippen LogP contribution is -1.96. The van der Waals surface area contributed by atoms with E-state index in [4.69, 9.17) is 4.42 Å². The second kappa shape index (κ2) is 4.38. The third kappa shape index (κ3) is 3.05. The van der Waals surface area contributed by atoms with Crippen molar-refractivity contribution in [3.05, 3.63) is 30.2 Å². The molecule has 0 aromatic carbocycles. The first-order valence-corrected chi connectivity index (χ1v) is 3.61. The zero-order chi connectivity index (χ0) is 8.81. The van der Waals surface area contributed by atoms with Crippen LogP contribution in [-0.4, -0.2) is 12.6 Å². The largest absolute Gasteiger partial charge is 0.472 e. The van der Waals surface area contributed by atoms with Gasteiger partial charge in [-0.05, 0) is 12.1 Å². The lowest BCUT2D eigenvalue weighted by atomic mass is 10.3. The Kier molecular flexibility index (Phi) is 3.14. The number of furan rings is 1. The van der Waals surface area contributed by atoms with Crippen molar-refractivity contribution in [3.63, 3.8) is 0 Å². The van der Waals surface area contributed by atoms with Crippen molar-refractivity contribution in [2.45, 2.75) is 6.92 Å². The minimum atomic E-state index is -0.271. The molecule has 1 rings (SSSR count). The van der Waals surface area contributed by atoms with Crippen LogP contribution in [0.1, 0.15) is 12.5 Å². The zero-order valence-electron chi connectivity index (χ0n) is 6.82. The number of carbonyl (C=O) groups excluding carboxylic acids is 1. The highest BCUT2D eigenvalue weighted by atomic mass is 16.5. The van der Waals surface area contributed by atoms with Crippen molar-refractivity contribution < 1.29 is 13.9 Å². The van der Waals surface area contributed by atoms with Gasteiger partial charge in [-0.2, -0.15) is 0 Å². The molecule has 0 aliphatic heterocycles. The summed E-state index contributed by atoms with van der Waals surface area (Å²) in [4.78, 5) is 10.3. The van der Waals surface area contributed by atoms with Crippen LogP contribution in [0, 0.1) is 0 Å². The predicted molar refractivity (Wildman–Crippen MR) is 44.4 cm³/mol. The first-order valence-electron chi connectivity index (χ1n) is 3.61. The number of hydrogen-bond acceptors (Lipinski definition) is 3. The molecular formula is C9H10O3.